The van der Waals surface area contributed by atoms with Crippen molar-refractivity contribution in [1.82, 2.24) is 9.97 Å². The number of aromatic nitrogens is 2. The Morgan fingerprint density at radius 2 is 1.90 bits per heavy atom. The number of hydrogen-bond acceptors (Lipinski definition) is 6. The van der Waals surface area contributed by atoms with Gasteiger partial charge in [0.2, 0.25) is 0 Å². The lowest BCUT2D eigenvalue weighted by Crippen LogP contribution is -2.25. The molecule has 3 aromatic rings. The van der Waals surface area contributed by atoms with E-state index in [9.17, 15) is 17.4 Å². The van der Waals surface area contributed by atoms with Crippen LogP contribution in [0.1, 0.15) is 26.5 Å². The fraction of sp³-hybridized carbons (Fsp3) is 0.286. The van der Waals surface area contributed by atoms with E-state index in [0.29, 0.717) is 27.9 Å². The quantitative estimate of drug-likeness (QED) is 0.436. The van der Waals surface area contributed by atoms with Gasteiger partial charge in [-0.2, -0.15) is 0 Å². The number of rotatable bonds is 5. The Labute approximate surface area is 178 Å². The first-order chi connectivity index (χ1) is 13.9. The SMILES string of the molecule is CC(C)(C)[S+]([O-])N=CCc1nc2ccc(F)cc2cc1-c1cccc(S(C)(=O)=O)n1. The topological polar surface area (TPSA) is 95.3 Å². The first kappa shape index (κ1) is 22.3. The molecule has 0 fully saturated rings. The molecule has 1 unspecified atom stereocenters. The summed E-state index contributed by atoms with van der Waals surface area (Å²) in [7, 11) is -3.50. The highest BCUT2D eigenvalue weighted by atomic mass is 32.2. The van der Waals surface area contributed by atoms with Crippen molar-refractivity contribution >= 4 is 38.3 Å². The van der Waals surface area contributed by atoms with Crippen LogP contribution in [0.3, 0.4) is 0 Å². The zero-order valence-electron chi connectivity index (χ0n) is 17.1. The lowest BCUT2D eigenvalue weighted by molar-refractivity contribution is 0.561. The first-order valence-electron chi connectivity index (χ1n) is 9.16. The Kier molecular flexibility index (Phi) is 6.26. The normalized spacial score (nSPS) is 13.8. The second-order valence-electron chi connectivity index (χ2n) is 7.81. The molecule has 0 aliphatic carbocycles. The lowest BCUT2D eigenvalue weighted by Gasteiger charge is -2.17. The Morgan fingerprint density at radius 1 is 1.17 bits per heavy atom. The average molecular weight is 448 g/mol. The Balaban J connectivity index is 2.11. The molecular weight excluding hydrogens is 425 g/mol. The third-order valence-corrected chi connectivity index (χ3v) is 6.59. The molecule has 0 bridgehead atoms. The summed E-state index contributed by atoms with van der Waals surface area (Å²) in [5, 5.41) is 0.503. The number of fused-ring (bicyclic) bond motifs is 1. The van der Waals surface area contributed by atoms with Gasteiger partial charge in [-0.15, -0.1) is 0 Å². The smallest absolute Gasteiger partial charge is 0.192 e. The molecule has 0 N–H and O–H groups in total. The van der Waals surface area contributed by atoms with Crippen molar-refractivity contribution < 1.29 is 17.4 Å². The third-order valence-electron chi connectivity index (χ3n) is 4.21. The van der Waals surface area contributed by atoms with E-state index in [4.69, 9.17) is 0 Å². The highest BCUT2D eigenvalue weighted by molar-refractivity contribution is 7.91. The summed E-state index contributed by atoms with van der Waals surface area (Å²) in [6.07, 6.45) is 2.88. The molecule has 0 aliphatic heterocycles. The van der Waals surface area contributed by atoms with Crippen LogP contribution in [0, 0.1) is 5.82 Å². The predicted molar refractivity (Wildman–Crippen MR) is 118 cm³/mol. The van der Waals surface area contributed by atoms with Crippen molar-refractivity contribution in [3.8, 4) is 11.3 Å². The molecule has 158 valence electrons. The molecule has 9 heteroatoms. The van der Waals surface area contributed by atoms with Gasteiger partial charge in [0, 0.05) is 23.6 Å². The van der Waals surface area contributed by atoms with Crippen molar-refractivity contribution in [3.05, 3.63) is 54.0 Å². The number of halogens is 1. The number of benzene rings is 1. The van der Waals surface area contributed by atoms with E-state index in [1.807, 2.05) is 20.8 Å². The minimum absolute atomic E-state index is 0.0622. The van der Waals surface area contributed by atoms with Crippen LogP contribution in [0.5, 0.6) is 0 Å². The molecule has 0 spiro atoms. The Hall–Kier alpha value is -2.36. The van der Waals surface area contributed by atoms with Gasteiger partial charge >= 0.3 is 0 Å². The standard InChI is InChI=1S/C21H22FN3O3S2/c1-21(2,3)29(26)23-11-10-19-16(13-14-12-15(22)8-9-17(14)24-19)18-6-5-7-20(25-18)30(4,27)28/h5-9,11-13H,10H2,1-4H3. The number of hydrogen-bond donors (Lipinski definition) is 0. The van der Waals surface area contributed by atoms with E-state index in [-0.39, 0.29) is 11.4 Å². The molecule has 1 aromatic carbocycles. The van der Waals surface area contributed by atoms with Crippen LogP contribution >= 0.6 is 0 Å². The maximum absolute atomic E-state index is 13.7. The molecule has 3 rings (SSSR count). The summed E-state index contributed by atoms with van der Waals surface area (Å²) in [5.41, 5.74) is 2.12. The van der Waals surface area contributed by atoms with Gasteiger partial charge in [-0.25, -0.2) is 17.8 Å². The van der Waals surface area contributed by atoms with Crippen molar-refractivity contribution in [2.75, 3.05) is 6.26 Å². The summed E-state index contributed by atoms with van der Waals surface area (Å²) in [6, 6.07) is 10.7. The largest absolute Gasteiger partial charge is 0.591 e. The average Bonchev–Trinajstić information content (AvgIpc) is 2.66. The number of pyridine rings is 2. The van der Waals surface area contributed by atoms with E-state index < -0.39 is 31.8 Å². The molecule has 1 atom stereocenters. The van der Waals surface area contributed by atoms with Crippen LogP contribution in [0.15, 0.2) is 51.9 Å². The van der Waals surface area contributed by atoms with Gasteiger partial charge in [-0.3, -0.25) is 4.98 Å². The first-order valence-corrected chi connectivity index (χ1v) is 12.2. The minimum Gasteiger partial charge on any atom is -0.591 e. The van der Waals surface area contributed by atoms with Gasteiger partial charge in [0.15, 0.2) is 14.9 Å². The Morgan fingerprint density at radius 3 is 2.57 bits per heavy atom. The van der Waals surface area contributed by atoms with Gasteiger partial charge in [-0.1, -0.05) is 10.5 Å². The third kappa shape index (κ3) is 5.21. The second-order valence-corrected chi connectivity index (χ2v) is 11.7. The monoisotopic (exact) mass is 447 g/mol. The summed E-state index contributed by atoms with van der Waals surface area (Å²) in [5.74, 6) is -0.400. The van der Waals surface area contributed by atoms with Gasteiger partial charge < -0.3 is 4.55 Å². The molecule has 0 radical (unpaired) electrons. The Bertz CT molecular complexity index is 1220. The molecular formula is C21H22FN3O3S2. The second kappa shape index (κ2) is 8.41. The van der Waals surface area contributed by atoms with Crippen molar-refractivity contribution in [2.24, 2.45) is 4.40 Å². The predicted octanol–water partition coefficient (Wildman–Crippen LogP) is 3.91. The van der Waals surface area contributed by atoms with Crippen molar-refractivity contribution in [1.29, 1.82) is 0 Å². The highest BCUT2D eigenvalue weighted by Crippen LogP contribution is 2.27. The fourth-order valence-electron chi connectivity index (χ4n) is 2.69. The zero-order chi connectivity index (χ0) is 22.1. The molecule has 0 aliphatic rings. The van der Waals surface area contributed by atoms with Gasteiger partial charge in [0.25, 0.3) is 0 Å². The summed E-state index contributed by atoms with van der Waals surface area (Å²) in [6.45, 7) is 5.49. The molecule has 0 saturated heterocycles. The fourth-order valence-corrected chi connectivity index (χ4v) is 3.80. The van der Waals surface area contributed by atoms with Gasteiger partial charge in [-0.05, 0) is 57.2 Å². The maximum atomic E-state index is 13.7. The van der Waals surface area contributed by atoms with E-state index in [1.54, 1.807) is 24.3 Å². The molecule has 2 aromatic heterocycles. The summed E-state index contributed by atoms with van der Waals surface area (Å²) in [4.78, 5) is 8.86. The van der Waals surface area contributed by atoms with Crippen LogP contribution in [0.4, 0.5) is 4.39 Å². The molecule has 0 saturated carbocycles. The summed E-state index contributed by atoms with van der Waals surface area (Å²) >= 11 is -1.41. The molecule has 2 heterocycles. The van der Waals surface area contributed by atoms with Gasteiger partial charge in [0.05, 0.1) is 23.1 Å². The molecule has 0 amide bonds. The van der Waals surface area contributed by atoms with E-state index in [0.717, 1.165) is 6.26 Å². The lowest BCUT2D eigenvalue weighted by atomic mass is 10.0. The highest BCUT2D eigenvalue weighted by Gasteiger charge is 2.25. The zero-order valence-corrected chi connectivity index (χ0v) is 18.7. The molecule has 6 nitrogen and oxygen atoms in total. The van der Waals surface area contributed by atoms with Crippen molar-refractivity contribution in [2.45, 2.75) is 37.0 Å². The van der Waals surface area contributed by atoms with Crippen LogP contribution in [-0.4, -0.2) is 40.2 Å². The van der Waals surface area contributed by atoms with Crippen LogP contribution in [0.25, 0.3) is 22.2 Å². The minimum atomic E-state index is -3.50. The van der Waals surface area contributed by atoms with Crippen LogP contribution < -0.4 is 0 Å². The summed E-state index contributed by atoms with van der Waals surface area (Å²) < 4.78 is 53.4. The van der Waals surface area contributed by atoms with Crippen molar-refractivity contribution in [3.63, 3.8) is 0 Å². The van der Waals surface area contributed by atoms with Crippen LogP contribution in [-0.2, 0) is 27.6 Å². The van der Waals surface area contributed by atoms with E-state index in [1.165, 1.54) is 24.4 Å². The number of sulfone groups is 1. The maximum Gasteiger partial charge on any atom is 0.192 e. The van der Waals surface area contributed by atoms with Crippen LogP contribution in [0.2, 0.25) is 0 Å². The number of nitrogens with zero attached hydrogens (tertiary/aromatic N) is 3. The van der Waals surface area contributed by atoms with E-state index >= 15 is 0 Å². The van der Waals surface area contributed by atoms with Gasteiger partial charge in [0.1, 0.15) is 21.9 Å². The van der Waals surface area contributed by atoms with E-state index in [2.05, 4.69) is 14.4 Å². The molecule has 30 heavy (non-hydrogen) atoms.